The molecule has 36 heavy (non-hydrogen) atoms. The third kappa shape index (κ3) is 5.99. The number of carbonyl (C=O) groups is 2. The van der Waals surface area contributed by atoms with Crippen LogP contribution in [0.25, 0.3) is 0 Å². The quantitative estimate of drug-likeness (QED) is 0.377. The van der Waals surface area contributed by atoms with Gasteiger partial charge in [-0.05, 0) is 50.8 Å². The topological polar surface area (TPSA) is 80.2 Å². The normalized spacial score (nSPS) is 16.9. The number of hydrogen-bond donors (Lipinski definition) is 1. The lowest BCUT2D eigenvalue weighted by atomic mass is 9.93. The summed E-state index contributed by atoms with van der Waals surface area (Å²) in [6.07, 6.45) is -0.0983. The minimum atomic E-state index is -0.431. The van der Waals surface area contributed by atoms with E-state index < -0.39 is 12.0 Å². The van der Waals surface area contributed by atoms with Crippen LogP contribution in [0.3, 0.4) is 0 Å². The Morgan fingerprint density at radius 3 is 2.61 bits per heavy atom. The van der Waals surface area contributed by atoms with Gasteiger partial charge in [0.2, 0.25) is 5.91 Å². The monoisotopic (exact) mass is 505 g/mol. The van der Waals surface area contributed by atoms with Gasteiger partial charge in [-0.25, -0.2) is 9.79 Å². The van der Waals surface area contributed by atoms with Crippen molar-refractivity contribution >= 4 is 28.8 Å². The number of carbonyl (C=O) groups excluding carboxylic acids is 2. The fourth-order valence-corrected chi connectivity index (χ4v) is 5.13. The minimum absolute atomic E-state index is 0.125. The molecule has 1 N–H and O–H groups in total. The number of aliphatic imine (C=N–C) groups is 1. The molecule has 188 valence electrons. The molecule has 8 heteroatoms. The molecule has 2 aromatic carbocycles. The number of amides is 1. The summed E-state index contributed by atoms with van der Waals surface area (Å²) in [7, 11) is 0. The Morgan fingerprint density at radius 1 is 1.11 bits per heavy atom. The van der Waals surface area contributed by atoms with Crippen molar-refractivity contribution in [3.8, 4) is 5.75 Å². The molecule has 0 unspecified atom stereocenters. The highest BCUT2D eigenvalue weighted by atomic mass is 32.2. The molecule has 0 bridgehead atoms. The van der Waals surface area contributed by atoms with Crippen LogP contribution in [0, 0.1) is 6.92 Å². The SMILES string of the molecule is CC1=C(C(=O)OC(C)C)[C@H](c2cccc(C)c2)N2C(CC(=O)NCCOc3ccccc3)=CSC2=N1. The van der Waals surface area contributed by atoms with E-state index in [0.717, 1.165) is 27.7 Å². The molecule has 1 amide bonds. The average molecular weight is 506 g/mol. The van der Waals surface area contributed by atoms with Crippen molar-refractivity contribution in [1.82, 2.24) is 10.2 Å². The fourth-order valence-electron chi connectivity index (χ4n) is 4.17. The van der Waals surface area contributed by atoms with Crippen LogP contribution >= 0.6 is 11.8 Å². The standard InChI is InChI=1S/C28H31N3O4S/c1-18(2)35-27(33)25-20(4)30-28-31(26(25)21-10-8-9-19(3)15-21)22(17-36-28)16-24(32)29-13-14-34-23-11-6-5-7-12-23/h5-12,15,17-18,26H,13-14,16H2,1-4H3,(H,29,32)/t26-/m0/s1. The first kappa shape index (κ1) is 25.6. The number of esters is 1. The number of hydrogen-bond acceptors (Lipinski definition) is 7. The fraction of sp³-hybridized carbons (Fsp3) is 0.321. The van der Waals surface area contributed by atoms with E-state index in [-0.39, 0.29) is 18.4 Å². The molecule has 2 aromatic rings. The van der Waals surface area contributed by atoms with Crippen LogP contribution < -0.4 is 10.1 Å². The Bertz CT molecular complexity index is 1220. The zero-order chi connectivity index (χ0) is 25.7. The summed E-state index contributed by atoms with van der Waals surface area (Å²) < 4.78 is 11.3. The molecule has 0 aliphatic carbocycles. The maximum atomic E-state index is 13.2. The van der Waals surface area contributed by atoms with E-state index in [4.69, 9.17) is 14.5 Å². The van der Waals surface area contributed by atoms with Gasteiger partial charge in [0.1, 0.15) is 12.4 Å². The van der Waals surface area contributed by atoms with Crippen LogP contribution in [0.15, 0.2) is 82.0 Å². The number of amidine groups is 1. The number of fused-ring (bicyclic) bond motifs is 1. The molecular weight excluding hydrogens is 474 g/mol. The summed E-state index contributed by atoms with van der Waals surface area (Å²) in [5.74, 6) is 0.246. The Morgan fingerprint density at radius 2 is 1.89 bits per heavy atom. The Labute approximate surface area is 216 Å². The van der Waals surface area contributed by atoms with Gasteiger partial charge >= 0.3 is 5.97 Å². The molecule has 0 spiro atoms. The summed E-state index contributed by atoms with van der Waals surface area (Å²) in [6, 6.07) is 17.1. The van der Waals surface area contributed by atoms with Crippen molar-refractivity contribution in [2.24, 2.45) is 4.99 Å². The van der Waals surface area contributed by atoms with Gasteiger partial charge in [-0.3, -0.25) is 4.79 Å². The van der Waals surface area contributed by atoms with Gasteiger partial charge in [0, 0.05) is 5.70 Å². The molecule has 0 radical (unpaired) electrons. The van der Waals surface area contributed by atoms with Gasteiger partial charge in [-0.15, -0.1) is 0 Å². The number of allylic oxidation sites excluding steroid dienone is 1. The number of thioether (sulfide) groups is 1. The van der Waals surface area contributed by atoms with Crippen molar-refractivity contribution in [2.75, 3.05) is 13.2 Å². The summed E-state index contributed by atoms with van der Waals surface area (Å²) in [5, 5.41) is 5.61. The predicted octanol–water partition coefficient (Wildman–Crippen LogP) is 5.11. The third-order valence-electron chi connectivity index (χ3n) is 5.70. The zero-order valence-corrected chi connectivity index (χ0v) is 21.8. The van der Waals surface area contributed by atoms with E-state index in [1.54, 1.807) is 0 Å². The average Bonchev–Trinajstić information content (AvgIpc) is 3.22. The van der Waals surface area contributed by atoms with Crippen LogP contribution in [0.4, 0.5) is 0 Å². The van der Waals surface area contributed by atoms with E-state index in [2.05, 4.69) is 11.4 Å². The second-order valence-electron chi connectivity index (χ2n) is 8.95. The van der Waals surface area contributed by atoms with Gasteiger partial charge < -0.3 is 19.7 Å². The second kappa shape index (κ2) is 11.5. The number of para-hydroxylation sites is 1. The van der Waals surface area contributed by atoms with Gasteiger partial charge in [0.15, 0.2) is 5.17 Å². The van der Waals surface area contributed by atoms with Crippen molar-refractivity contribution in [3.05, 3.63) is 88.1 Å². The van der Waals surface area contributed by atoms with E-state index in [0.29, 0.717) is 24.4 Å². The Balaban J connectivity index is 1.51. The molecule has 2 aliphatic rings. The molecule has 1 atom stereocenters. The van der Waals surface area contributed by atoms with E-state index in [9.17, 15) is 9.59 Å². The molecule has 7 nitrogen and oxygen atoms in total. The molecule has 0 saturated heterocycles. The lowest BCUT2D eigenvalue weighted by Crippen LogP contribution is -2.38. The first-order valence-electron chi connectivity index (χ1n) is 12.0. The summed E-state index contributed by atoms with van der Waals surface area (Å²) in [6.45, 7) is 8.28. The first-order valence-corrected chi connectivity index (χ1v) is 12.9. The highest BCUT2D eigenvalue weighted by molar-refractivity contribution is 8.16. The Kier molecular flexibility index (Phi) is 8.15. The van der Waals surface area contributed by atoms with Crippen molar-refractivity contribution in [1.29, 1.82) is 0 Å². The zero-order valence-electron chi connectivity index (χ0n) is 21.0. The molecule has 0 aromatic heterocycles. The summed E-state index contributed by atoms with van der Waals surface area (Å²) in [4.78, 5) is 32.7. The molecular formula is C28H31N3O4S. The molecule has 4 rings (SSSR count). The van der Waals surface area contributed by atoms with Gasteiger partial charge in [-0.1, -0.05) is 59.8 Å². The van der Waals surface area contributed by atoms with Crippen LogP contribution in [-0.4, -0.2) is 41.2 Å². The van der Waals surface area contributed by atoms with E-state index in [1.807, 2.05) is 86.5 Å². The van der Waals surface area contributed by atoms with Gasteiger partial charge in [0.05, 0.1) is 36.4 Å². The highest BCUT2D eigenvalue weighted by Gasteiger charge is 2.41. The number of benzene rings is 2. The number of rotatable bonds is 9. The highest BCUT2D eigenvalue weighted by Crippen LogP contribution is 2.45. The molecule has 0 saturated carbocycles. The number of nitrogens with one attached hydrogen (secondary N) is 1. The van der Waals surface area contributed by atoms with Crippen LogP contribution in [0.2, 0.25) is 0 Å². The van der Waals surface area contributed by atoms with Crippen molar-refractivity contribution in [3.63, 3.8) is 0 Å². The third-order valence-corrected chi connectivity index (χ3v) is 6.59. The smallest absolute Gasteiger partial charge is 0.338 e. The lowest BCUT2D eigenvalue weighted by Gasteiger charge is -2.36. The van der Waals surface area contributed by atoms with Crippen molar-refractivity contribution < 1.29 is 19.1 Å². The van der Waals surface area contributed by atoms with Gasteiger partial charge in [0.25, 0.3) is 0 Å². The number of nitrogens with zero attached hydrogens (tertiary/aromatic N) is 2. The van der Waals surface area contributed by atoms with Crippen LogP contribution in [0.5, 0.6) is 5.75 Å². The molecule has 0 fully saturated rings. The first-order chi connectivity index (χ1) is 17.3. The molecule has 2 aliphatic heterocycles. The van der Waals surface area contributed by atoms with Crippen molar-refractivity contribution in [2.45, 2.75) is 46.3 Å². The van der Waals surface area contributed by atoms with E-state index in [1.165, 1.54) is 11.8 Å². The largest absolute Gasteiger partial charge is 0.492 e. The van der Waals surface area contributed by atoms with Crippen LogP contribution in [0.1, 0.15) is 44.4 Å². The van der Waals surface area contributed by atoms with E-state index >= 15 is 0 Å². The summed E-state index contributed by atoms with van der Waals surface area (Å²) >= 11 is 1.46. The number of aryl methyl sites for hydroxylation is 1. The number of ether oxygens (including phenoxy) is 2. The van der Waals surface area contributed by atoms with Crippen LogP contribution in [-0.2, 0) is 14.3 Å². The van der Waals surface area contributed by atoms with Gasteiger partial charge in [-0.2, -0.15) is 0 Å². The lowest BCUT2D eigenvalue weighted by molar-refractivity contribution is -0.143. The minimum Gasteiger partial charge on any atom is -0.492 e. The maximum Gasteiger partial charge on any atom is 0.338 e. The second-order valence-corrected chi connectivity index (χ2v) is 9.79. The summed E-state index contributed by atoms with van der Waals surface area (Å²) in [5.41, 5.74) is 3.93. The molecule has 2 heterocycles. The maximum absolute atomic E-state index is 13.2. The predicted molar refractivity (Wildman–Crippen MR) is 142 cm³/mol. The Hall–Kier alpha value is -3.52.